The van der Waals surface area contributed by atoms with Crippen LogP contribution in [-0.4, -0.2) is 32.8 Å². The number of rotatable bonds is 9. The highest BCUT2D eigenvalue weighted by Gasteiger charge is 2.42. The molecule has 2 heterocycles. The van der Waals surface area contributed by atoms with Crippen LogP contribution in [0.25, 0.3) is 29.4 Å². The summed E-state index contributed by atoms with van der Waals surface area (Å²) in [7, 11) is 0. The van der Waals surface area contributed by atoms with E-state index in [2.05, 4.69) is 95.9 Å². The molecular weight excluding hydrogens is 659 g/mol. The van der Waals surface area contributed by atoms with E-state index < -0.39 is 29.6 Å². The Bertz CT molecular complexity index is 2380. The summed E-state index contributed by atoms with van der Waals surface area (Å²) in [5.41, 5.74) is 7.87. The van der Waals surface area contributed by atoms with Crippen LogP contribution in [0.2, 0.25) is 0 Å². The van der Waals surface area contributed by atoms with Gasteiger partial charge in [-0.25, -0.2) is 4.79 Å². The molecule has 1 aromatic heterocycles. The molecule has 2 unspecified atom stereocenters. The van der Waals surface area contributed by atoms with Gasteiger partial charge in [-0.15, -0.1) is 11.3 Å². The number of hydrogen-bond acceptors (Lipinski definition) is 6. The molecule has 1 aliphatic carbocycles. The van der Waals surface area contributed by atoms with Crippen molar-refractivity contribution in [3.05, 3.63) is 157 Å². The zero-order chi connectivity index (χ0) is 35.5. The second-order valence-electron chi connectivity index (χ2n) is 12.5. The quantitative estimate of drug-likeness (QED) is 0.167. The fourth-order valence-electron chi connectivity index (χ4n) is 7.21. The van der Waals surface area contributed by atoms with Gasteiger partial charge in [-0.1, -0.05) is 97.4 Å². The molecular formula is C42H33N3O5S. The van der Waals surface area contributed by atoms with Crippen molar-refractivity contribution in [1.29, 1.82) is 5.26 Å². The van der Waals surface area contributed by atoms with Gasteiger partial charge in [0.05, 0.1) is 4.53 Å². The Balaban J connectivity index is 1.18. The van der Waals surface area contributed by atoms with Gasteiger partial charge >= 0.3 is 11.9 Å². The second kappa shape index (κ2) is 14.3. The van der Waals surface area contributed by atoms with Crippen LogP contribution in [-0.2, 0) is 16.1 Å². The number of hydrogen-bond donors (Lipinski definition) is 2. The number of carboxylic acids is 2. The van der Waals surface area contributed by atoms with Crippen LogP contribution in [0, 0.1) is 11.3 Å². The third-order valence-electron chi connectivity index (χ3n) is 9.45. The Morgan fingerprint density at radius 3 is 2.18 bits per heavy atom. The summed E-state index contributed by atoms with van der Waals surface area (Å²) < 4.78 is 0.759. The minimum atomic E-state index is -1.52. The summed E-state index contributed by atoms with van der Waals surface area (Å²) in [5.74, 6) is -2.43. The average Bonchev–Trinajstić information content (AvgIpc) is 3.82. The number of nitrogens with zero attached hydrogens (tertiary/aromatic N) is 3. The maximum Gasteiger partial charge on any atom is 0.349 e. The Morgan fingerprint density at radius 2 is 1.55 bits per heavy atom. The topological polar surface area (TPSA) is 124 Å². The van der Waals surface area contributed by atoms with Crippen LogP contribution in [0.15, 0.2) is 114 Å². The van der Waals surface area contributed by atoms with Gasteiger partial charge in [0.15, 0.2) is 5.57 Å². The Kier molecular flexibility index (Phi) is 9.34. The summed E-state index contributed by atoms with van der Waals surface area (Å²) in [5, 5.41) is 28.0. The first-order valence-corrected chi connectivity index (χ1v) is 17.5. The molecule has 0 spiro atoms. The number of thiazole rings is 1. The fraction of sp³-hybridized carbons (Fsp3) is 0.143. The van der Waals surface area contributed by atoms with E-state index in [0.717, 1.165) is 63.1 Å². The predicted molar refractivity (Wildman–Crippen MR) is 201 cm³/mol. The van der Waals surface area contributed by atoms with Crippen LogP contribution < -0.4 is 19.7 Å². The zero-order valence-electron chi connectivity index (χ0n) is 27.5. The molecule has 0 amide bonds. The molecule has 0 bridgehead atoms. The van der Waals surface area contributed by atoms with Gasteiger partial charge in [-0.05, 0) is 82.6 Å². The molecule has 2 atom stereocenters. The molecule has 2 aliphatic rings. The normalized spacial score (nSPS) is 17.2. The average molecular weight is 692 g/mol. The highest BCUT2D eigenvalue weighted by atomic mass is 32.1. The molecule has 252 valence electrons. The summed E-state index contributed by atoms with van der Waals surface area (Å²) in [4.78, 5) is 38.4. The zero-order valence-corrected chi connectivity index (χ0v) is 28.3. The van der Waals surface area contributed by atoms with Crippen LogP contribution in [0.5, 0.6) is 0 Å². The standard InChI is InChI=1S/C42H33N3O5S/c43-25-35(42(49)50)41-44(26-39(46)47)40(48)38(51-41)16-7-9-27-19-22-37-34(24-27)32-14-8-15-36(32)45(37)31-20-17-28(18-21-31)23-33(29-10-3-1-4-11-29)30-12-5-2-6-13-30/h1-7,9-13,16-24,32,36H,8,14-15,26H2,(H,46,47)(H,49,50). The first kappa shape index (κ1) is 33.3. The van der Waals surface area contributed by atoms with Crippen LogP contribution in [0.3, 0.4) is 0 Å². The molecule has 1 fully saturated rings. The van der Waals surface area contributed by atoms with Crippen LogP contribution in [0.1, 0.15) is 53.0 Å². The molecule has 1 saturated carbocycles. The molecule has 8 nitrogen and oxygen atoms in total. The van der Waals surface area contributed by atoms with Crippen molar-refractivity contribution in [2.24, 2.45) is 0 Å². The van der Waals surface area contributed by atoms with Crippen molar-refractivity contribution in [2.75, 3.05) is 4.90 Å². The van der Waals surface area contributed by atoms with Gasteiger partial charge in [0.1, 0.15) is 17.3 Å². The van der Waals surface area contributed by atoms with Gasteiger partial charge in [0.25, 0.3) is 5.56 Å². The number of allylic oxidation sites excluding steroid dienone is 1. The predicted octanol–water partition coefficient (Wildman–Crippen LogP) is 6.62. The number of carboxylic acid groups (broad SMARTS) is 2. The lowest BCUT2D eigenvalue weighted by atomic mass is 9.95. The fourth-order valence-corrected chi connectivity index (χ4v) is 8.26. The molecule has 0 radical (unpaired) electrons. The van der Waals surface area contributed by atoms with Crippen LogP contribution in [0.4, 0.5) is 11.4 Å². The van der Waals surface area contributed by atoms with Gasteiger partial charge in [-0.2, -0.15) is 5.26 Å². The molecule has 2 N–H and O–H groups in total. The monoisotopic (exact) mass is 691 g/mol. The van der Waals surface area contributed by atoms with Crippen molar-refractivity contribution < 1.29 is 19.8 Å². The smallest absolute Gasteiger partial charge is 0.349 e. The van der Waals surface area contributed by atoms with Crippen molar-refractivity contribution in [3.8, 4) is 6.07 Å². The minimum Gasteiger partial charge on any atom is -0.480 e. The molecule has 9 heteroatoms. The molecule has 5 aromatic rings. The summed E-state index contributed by atoms with van der Waals surface area (Å²) in [6.07, 6.45) is 10.7. The second-order valence-corrected chi connectivity index (χ2v) is 13.6. The lowest BCUT2D eigenvalue weighted by molar-refractivity contribution is -0.138. The molecule has 4 aromatic carbocycles. The van der Waals surface area contributed by atoms with Crippen molar-refractivity contribution >= 4 is 64.0 Å². The van der Waals surface area contributed by atoms with E-state index in [4.69, 9.17) is 0 Å². The van der Waals surface area contributed by atoms with E-state index in [-0.39, 0.29) is 9.20 Å². The van der Waals surface area contributed by atoms with E-state index >= 15 is 0 Å². The van der Waals surface area contributed by atoms with Crippen molar-refractivity contribution in [3.63, 3.8) is 0 Å². The summed E-state index contributed by atoms with van der Waals surface area (Å²) in [6, 6.07) is 38.0. The first-order chi connectivity index (χ1) is 24.8. The van der Waals surface area contributed by atoms with E-state index in [1.807, 2.05) is 24.3 Å². The van der Waals surface area contributed by atoms with E-state index in [1.165, 1.54) is 22.9 Å². The van der Waals surface area contributed by atoms with E-state index in [9.17, 15) is 29.9 Å². The Hall–Kier alpha value is -6.24. The highest BCUT2D eigenvalue weighted by Crippen LogP contribution is 2.52. The number of aromatic nitrogens is 1. The largest absolute Gasteiger partial charge is 0.480 e. The number of fused-ring (bicyclic) bond motifs is 3. The van der Waals surface area contributed by atoms with Crippen molar-refractivity contribution in [2.45, 2.75) is 37.8 Å². The maximum atomic E-state index is 13.0. The third-order valence-corrected chi connectivity index (χ3v) is 10.6. The van der Waals surface area contributed by atoms with Gasteiger partial charge in [-0.3, -0.25) is 14.2 Å². The number of nitriles is 1. The number of benzene rings is 4. The van der Waals surface area contributed by atoms with E-state index in [0.29, 0.717) is 12.0 Å². The number of carbonyl (C=O) groups is 2. The SMILES string of the molecule is N#CC(C(=O)O)=c1sc(=CC=Cc2ccc3c(c2)C2CCCC2N3c2ccc(C=C(c3ccccc3)c3ccccc3)cc2)c(=O)n1CC(=O)O. The summed E-state index contributed by atoms with van der Waals surface area (Å²) in [6.45, 7) is -0.744. The summed E-state index contributed by atoms with van der Waals surface area (Å²) >= 11 is 0.786. The number of anilines is 2. The maximum absolute atomic E-state index is 13.0. The molecule has 7 rings (SSSR count). The van der Waals surface area contributed by atoms with Crippen LogP contribution >= 0.6 is 11.3 Å². The van der Waals surface area contributed by atoms with Crippen molar-refractivity contribution in [1.82, 2.24) is 4.57 Å². The van der Waals surface area contributed by atoms with E-state index in [1.54, 1.807) is 12.1 Å². The Labute approximate surface area is 298 Å². The lowest BCUT2D eigenvalue weighted by Gasteiger charge is -2.27. The highest BCUT2D eigenvalue weighted by molar-refractivity contribution is 7.07. The van der Waals surface area contributed by atoms with Gasteiger partial charge in [0.2, 0.25) is 0 Å². The minimum absolute atomic E-state index is 0.137. The third kappa shape index (κ3) is 6.70. The Morgan fingerprint density at radius 1 is 0.882 bits per heavy atom. The molecule has 51 heavy (non-hydrogen) atoms. The first-order valence-electron chi connectivity index (χ1n) is 16.7. The molecule has 0 saturated heterocycles. The number of aliphatic carboxylic acids is 2. The van der Waals surface area contributed by atoms with Gasteiger partial charge < -0.3 is 15.1 Å². The van der Waals surface area contributed by atoms with Gasteiger partial charge in [0, 0.05) is 23.3 Å². The molecule has 1 aliphatic heterocycles. The lowest BCUT2D eigenvalue weighted by Crippen LogP contribution is -2.35.